The molecular formula is C12H12N2O3. The van der Waals surface area contributed by atoms with Gasteiger partial charge in [-0.05, 0) is 12.5 Å². The number of aromatic nitrogens is 2. The molecule has 0 saturated heterocycles. The molecule has 0 aliphatic rings. The van der Waals surface area contributed by atoms with E-state index in [4.69, 9.17) is 0 Å². The minimum atomic E-state index is -0.562. The van der Waals surface area contributed by atoms with Crippen LogP contribution in [0.25, 0.3) is 5.65 Å². The lowest BCUT2D eigenvalue weighted by molar-refractivity contribution is -0.716. The lowest BCUT2D eigenvalue weighted by atomic mass is 10.3. The second-order valence-corrected chi connectivity index (χ2v) is 3.72. The number of hydrogen-bond acceptors (Lipinski definition) is 3. The number of carbonyl (C=O) groups excluding carboxylic acids is 1. The van der Waals surface area contributed by atoms with Crippen molar-refractivity contribution in [2.45, 2.75) is 19.9 Å². The van der Waals surface area contributed by atoms with Crippen LogP contribution in [0, 0.1) is 0 Å². The van der Waals surface area contributed by atoms with Crippen LogP contribution in [-0.2, 0) is 6.54 Å². The zero-order valence-corrected chi connectivity index (χ0v) is 9.42. The minimum absolute atomic E-state index is 0.317. The topological polar surface area (TPSA) is 65.5 Å². The van der Waals surface area contributed by atoms with Gasteiger partial charge in [-0.25, -0.2) is 9.36 Å². The van der Waals surface area contributed by atoms with E-state index in [1.165, 1.54) is 8.97 Å². The van der Waals surface area contributed by atoms with Crippen molar-refractivity contribution in [3.8, 4) is 5.88 Å². The maximum atomic E-state index is 11.9. The van der Waals surface area contributed by atoms with Gasteiger partial charge < -0.3 is 5.11 Å². The Morgan fingerprint density at radius 1 is 1.47 bits per heavy atom. The molecule has 0 bridgehead atoms. The van der Waals surface area contributed by atoms with Crippen molar-refractivity contribution in [2.24, 2.45) is 0 Å². The van der Waals surface area contributed by atoms with Crippen molar-refractivity contribution in [1.29, 1.82) is 0 Å². The summed E-state index contributed by atoms with van der Waals surface area (Å²) in [7, 11) is 0. The monoisotopic (exact) mass is 232 g/mol. The molecule has 0 radical (unpaired) electrons. The Labute approximate surface area is 97.6 Å². The highest BCUT2D eigenvalue weighted by molar-refractivity contribution is 5.76. The first-order valence-corrected chi connectivity index (χ1v) is 5.40. The Kier molecular flexibility index (Phi) is 2.91. The number of fused-ring (bicyclic) bond motifs is 1. The van der Waals surface area contributed by atoms with Gasteiger partial charge in [0.1, 0.15) is 5.56 Å². The maximum absolute atomic E-state index is 11.9. The molecule has 88 valence electrons. The summed E-state index contributed by atoms with van der Waals surface area (Å²) < 4.78 is 2.77. The average molecular weight is 232 g/mol. The van der Waals surface area contributed by atoms with Crippen molar-refractivity contribution in [2.75, 3.05) is 0 Å². The van der Waals surface area contributed by atoms with Crippen LogP contribution in [0.5, 0.6) is 5.88 Å². The van der Waals surface area contributed by atoms with Crippen molar-refractivity contribution in [3.05, 3.63) is 40.3 Å². The number of aldehydes is 1. The van der Waals surface area contributed by atoms with E-state index in [0.717, 1.165) is 6.42 Å². The van der Waals surface area contributed by atoms with Gasteiger partial charge in [0, 0.05) is 6.07 Å². The summed E-state index contributed by atoms with van der Waals surface area (Å²) in [5.74, 6) is -0.516. The van der Waals surface area contributed by atoms with Gasteiger partial charge in [-0.1, -0.05) is 13.0 Å². The molecule has 2 rings (SSSR count). The van der Waals surface area contributed by atoms with Gasteiger partial charge in [-0.15, -0.1) is 0 Å². The average Bonchev–Trinajstić information content (AvgIpc) is 2.35. The van der Waals surface area contributed by atoms with Crippen LogP contribution in [0.15, 0.2) is 29.2 Å². The van der Waals surface area contributed by atoms with Crippen LogP contribution in [0.1, 0.15) is 23.7 Å². The molecule has 0 unspecified atom stereocenters. The molecule has 0 atom stereocenters. The van der Waals surface area contributed by atoms with Crippen LogP contribution in [0.4, 0.5) is 0 Å². The lowest BCUT2D eigenvalue weighted by Gasteiger charge is -2.13. The maximum Gasteiger partial charge on any atom is 0.352 e. The quantitative estimate of drug-likeness (QED) is 0.547. The Hall–Kier alpha value is -2.17. The first-order valence-electron chi connectivity index (χ1n) is 5.40. The fourth-order valence-electron chi connectivity index (χ4n) is 1.84. The molecule has 2 aromatic rings. The van der Waals surface area contributed by atoms with E-state index < -0.39 is 11.4 Å². The number of carbonyl (C=O) groups is 1. The van der Waals surface area contributed by atoms with E-state index in [2.05, 4.69) is 0 Å². The molecule has 5 nitrogen and oxygen atoms in total. The van der Waals surface area contributed by atoms with E-state index in [0.29, 0.717) is 18.5 Å². The van der Waals surface area contributed by atoms with Crippen molar-refractivity contribution >= 4 is 11.9 Å². The molecular weight excluding hydrogens is 220 g/mol. The highest BCUT2D eigenvalue weighted by Gasteiger charge is 2.16. The number of rotatable bonds is 3. The summed E-state index contributed by atoms with van der Waals surface area (Å²) in [6.07, 6.45) is 2.63. The van der Waals surface area contributed by atoms with Gasteiger partial charge in [0.15, 0.2) is 6.29 Å². The zero-order chi connectivity index (χ0) is 12.4. The molecule has 17 heavy (non-hydrogen) atoms. The summed E-state index contributed by atoms with van der Waals surface area (Å²) in [5, 5.41) is 11.9. The van der Waals surface area contributed by atoms with Crippen molar-refractivity contribution in [1.82, 2.24) is 4.40 Å². The van der Waals surface area contributed by atoms with Crippen molar-refractivity contribution in [3.63, 3.8) is 0 Å². The molecule has 0 N–H and O–H groups in total. The van der Waals surface area contributed by atoms with E-state index in [1.807, 2.05) is 6.92 Å². The molecule has 0 aliphatic carbocycles. The summed E-state index contributed by atoms with van der Waals surface area (Å²) in [6, 6.07) is 5.12. The molecule has 0 spiro atoms. The smallest absolute Gasteiger partial charge is 0.352 e. The normalized spacial score (nSPS) is 10.6. The van der Waals surface area contributed by atoms with Crippen LogP contribution in [-0.4, -0.2) is 10.7 Å². The van der Waals surface area contributed by atoms with Gasteiger partial charge in [0.25, 0.3) is 5.65 Å². The highest BCUT2D eigenvalue weighted by atomic mass is 16.3. The molecule has 0 aromatic carbocycles. The predicted molar refractivity (Wildman–Crippen MR) is 59.0 cm³/mol. The summed E-state index contributed by atoms with van der Waals surface area (Å²) >= 11 is 0. The van der Waals surface area contributed by atoms with Gasteiger partial charge in [0.2, 0.25) is 0 Å². The predicted octanol–water partition coefficient (Wildman–Crippen LogP) is -0.117. The van der Waals surface area contributed by atoms with E-state index in [9.17, 15) is 14.7 Å². The molecule has 0 fully saturated rings. The van der Waals surface area contributed by atoms with E-state index in [-0.39, 0.29) is 5.56 Å². The molecule has 5 heteroatoms. The van der Waals surface area contributed by atoms with Crippen LogP contribution in [0.3, 0.4) is 0 Å². The van der Waals surface area contributed by atoms with Crippen LogP contribution >= 0.6 is 0 Å². The first kappa shape index (κ1) is 11.3. The highest BCUT2D eigenvalue weighted by Crippen LogP contribution is 2.04. The molecule has 0 amide bonds. The number of pyridine rings is 1. The Morgan fingerprint density at radius 3 is 2.88 bits per heavy atom. The Morgan fingerprint density at radius 2 is 2.24 bits per heavy atom. The van der Waals surface area contributed by atoms with E-state index in [1.54, 1.807) is 24.4 Å². The zero-order valence-electron chi connectivity index (χ0n) is 9.42. The summed E-state index contributed by atoms with van der Waals surface area (Å²) in [6.45, 7) is 2.41. The van der Waals surface area contributed by atoms with Crippen LogP contribution in [0.2, 0.25) is 0 Å². The van der Waals surface area contributed by atoms with Gasteiger partial charge in [-0.3, -0.25) is 4.79 Å². The number of aryl methyl sites for hydroxylation is 1. The number of nitrogens with zero attached hydrogens (tertiary/aromatic N) is 2. The minimum Gasteiger partial charge on any atom is -0.842 e. The third-order valence-electron chi connectivity index (χ3n) is 2.60. The third-order valence-corrected chi connectivity index (χ3v) is 2.60. The fourth-order valence-corrected chi connectivity index (χ4v) is 1.84. The standard InChI is InChI=1S/C12H12N2O3/c1-2-6-13-10-5-3-4-7-14(10)12(17)9(8-15)11(13)16/h3-5,7-8H,2,6H2,1H3. The van der Waals surface area contributed by atoms with Crippen molar-refractivity contribution < 1.29 is 14.5 Å². The van der Waals surface area contributed by atoms with Gasteiger partial charge in [-0.2, -0.15) is 4.40 Å². The van der Waals surface area contributed by atoms with Gasteiger partial charge >= 0.3 is 5.56 Å². The molecule has 0 aliphatic heterocycles. The SMILES string of the molecule is CCC[n+]1c([O-])c(C=O)c(=O)n2ccccc21. The summed E-state index contributed by atoms with van der Waals surface area (Å²) in [4.78, 5) is 22.7. The Balaban J connectivity index is 2.95. The lowest BCUT2D eigenvalue weighted by Crippen LogP contribution is -2.44. The fraction of sp³-hybridized carbons (Fsp3) is 0.250. The number of hydrogen-bond donors (Lipinski definition) is 0. The molecule has 0 saturated carbocycles. The molecule has 2 aromatic heterocycles. The third kappa shape index (κ3) is 1.69. The second-order valence-electron chi connectivity index (χ2n) is 3.72. The first-order chi connectivity index (χ1) is 8.20. The second kappa shape index (κ2) is 4.37. The van der Waals surface area contributed by atoms with Crippen LogP contribution < -0.4 is 15.2 Å². The molecule has 2 heterocycles. The van der Waals surface area contributed by atoms with E-state index >= 15 is 0 Å². The Bertz CT molecular complexity index is 631. The summed E-state index contributed by atoms with van der Waals surface area (Å²) in [5.41, 5.74) is -0.370. The van der Waals surface area contributed by atoms with Gasteiger partial charge in [0.05, 0.1) is 18.6 Å². The largest absolute Gasteiger partial charge is 0.842 e.